The molecular formula is C19H20N6O4. The summed E-state index contributed by atoms with van der Waals surface area (Å²) in [5.74, 6) is -0.770. The summed E-state index contributed by atoms with van der Waals surface area (Å²) in [6.45, 7) is 4.44. The highest BCUT2D eigenvalue weighted by molar-refractivity contribution is 5.99. The van der Waals surface area contributed by atoms with Crippen molar-refractivity contribution in [2.24, 2.45) is 11.8 Å². The van der Waals surface area contributed by atoms with Crippen LogP contribution < -0.4 is 10.1 Å². The molecule has 0 radical (unpaired) electrons. The molecule has 1 spiro atoms. The van der Waals surface area contributed by atoms with E-state index in [1.807, 2.05) is 26.0 Å². The molecule has 29 heavy (non-hydrogen) atoms. The molecule has 3 aliphatic heterocycles. The molecular weight excluding hydrogens is 376 g/mol. The summed E-state index contributed by atoms with van der Waals surface area (Å²) in [7, 11) is 0. The van der Waals surface area contributed by atoms with E-state index >= 15 is 0 Å². The van der Waals surface area contributed by atoms with Crippen LogP contribution in [0.5, 0.6) is 11.8 Å². The number of carbonyl (C=O) groups excluding carboxylic acids is 2. The molecule has 10 heteroatoms. The molecule has 4 heterocycles. The number of anilines is 1. The standard InChI is InChI=1S/C19H20N6O4/c1-10(2)25-9-19-8-7-13(29-19)14(15(19)17(25)27)16(26)20-11-3-5-12(6-4-11)28-18-21-23-24-22-18/h3-8,10,13-15H,9H2,1-2H3,(H,20,26)(H,21,22,23,24)/t13-,14-,15+,19-/m0/s1. The van der Waals surface area contributed by atoms with Crippen LogP contribution in [0, 0.1) is 11.8 Å². The van der Waals surface area contributed by atoms with Crippen LogP contribution in [-0.2, 0) is 14.3 Å². The van der Waals surface area contributed by atoms with Crippen LogP contribution in [-0.4, -0.2) is 61.6 Å². The second-order valence-corrected chi connectivity index (χ2v) is 7.77. The normalized spacial score (nSPS) is 29.6. The maximum absolute atomic E-state index is 13.0. The van der Waals surface area contributed by atoms with Gasteiger partial charge in [-0.25, -0.2) is 0 Å². The first-order valence-electron chi connectivity index (χ1n) is 9.47. The van der Waals surface area contributed by atoms with E-state index in [-0.39, 0.29) is 30.0 Å². The van der Waals surface area contributed by atoms with Gasteiger partial charge in [0.1, 0.15) is 11.4 Å². The third-order valence-electron chi connectivity index (χ3n) is 5.71. The molecule has 0 aliphatic carbocycles. The summed E-state index contributed by atoms with van der Waals surface area (Å²) >= 11 is 0. The van der Waals surface area contributed by atoms with E-state index in [0.717, 1.165) is 0 Å². The lowest BCUT2D eigenvalue weighted by Crippen LogP contribution is -2.42. The van der Waals surface area contributed by atoms with Gasteiger partial charge in [-0.3, -0.25) is 9.59 Å². The van der Waals surface area contributed by atoms with Crippen molar-refractivity contribution >= 4 is 17.5 Å². The number of likely N-dealkylation sites (tertiary alicyclic amines) is 1. The summed E-state index contributed by atoms with van der Waals surface area (Å²) in [6.07, 6.45) is 3.48. The van der Waals surface area contributed by atoms with E-state index in [0.29, 0.717) is 18.0 Å². The number of hydrogen-bond acceptors (Lipinski definition) is 7. The number of carbonyl (C=O) groups is 2. The molecule has 4 atom stereocenters. The van der Waals surface area contributed by atoms with Crippen LogP contribution in [0.3, 0.4) is 0 Å². The van der Waals surface area contributed by atoms with Crippen molar-refractivity contribution in [2.75, 3.05) is 11.9 Å². The lowest BCUT2D eigenvalue weighted by Gasteiger charge is -2.24. The lowest BCUT2D eigenvalue weighted by molar-refractivity contribution is -0.136. The summed E-state index contributed by atoms with van der Waals surface area (Å²) in [5.41, 5.74) is -0.0847. The highest BCUT2D eigenvalue weighted by atomic mass is 16.5. The van der Waals surface area contributed by atoms with Gasteiger partial charge in [-0.05, 0) is 43.3 Å². The van der Waals surface area contributed by atoms with Gasteiger partial charge in [-0.2, -0.15) is 5.21 Å². The number of tetrazole rings is 1. The second-order valence-electron chi connectivity index (χ2n) is 7.77. The summed E-state index contributed by atoms with van der Waals surface area (Å²) < 4.78 is 11.5. The Morgan fingerprint density at radius 1 is 1.38 bits per heavy atom. The third-order valence-corrected chi connectivity index (χ3v) is 5.71. The molecule has 2 bridgehead atoms. The van der Waals surface area contributed by atoms with Crippen LogP contribution in [0.2, 0.25) is 0 Å². The summed E-state index contributed by atoms with van der Waals surface area (Å²) in [5, 5.41) is 16.1. The molecule has 0 saturated carbocycles. The number of H-pyrrole nitrogens is 1. The molecule has 150 valence electrons. The first kappa shape index (κ1) is 17.8. The Kier molecular flexibility index (Phi) is 3.91. The van der Waals surface area contributed by atoms with Crippen LogP contribution in [0.1, 0.15) is 13.8 Å². The van der Waals surface area contributed by atoms with E-state index in [2.05, 4.69) is 25.9 Å². The topological polar surface area (TPSA) is 122 Å². The maximum Gasteiger partial charge on any atom is 0.361 e. The van der Waals surface area contributed by atoms with Crippen molar-refractivity contribution in [3.8, 4) is 11.8 Å². The van der Waals surface area contributed by atoms with Gasteiger partial charge in [0.2, 0.25) is 11.8 Å². The van der Waals surface area contributed by atoms with Crippen molar-refractivity contribution in [1.82, 2.24) is 25.5 Å². The molecule has 3 aliphatic rings. The fourth-order valence-electron chi connectivity index (χ4n) is 4.40. The van der Waals surface area contributed by atoms with Gasteiger partial charge in [0.15, 0.2) is 0 Å². The van der Waals surface area contributed by atoms with Crippen LogP contribution >= 0.6 is 0 Å². The third kappa shape index (κ3) is 2.79. The number of aromatic nitrogens is 4. The first-order chi connectivity index (χ1) is 14.0. The Morgan fingerprint density at radius 3 is 2.86 bits per heavy atom. The smallest absolute Gasteiger partial charge is 0.361 e. The predicted octanol–water partition coefficient (Wildman–Crippen LogP) is 1.12. The van der Waals surface area contributed by atoms with Gasteiger partial charge in [-0.1, -0.05) is 22.3 Å². The van der Waals surface area contributed by atoms with Gasteiger partial charge >= 0.3 is 6.01 Å². The van der Waals surface area contributed by atoms with Crippen LogP contribution in [0.15, 0.2) is 36.4 Å². The molecule has 2 N–H and O–H groups in total. The summed E-state index contributed by atoms with van der Waals surface area (Å²) in [6, 6.07) is 6.97. The SMILES string of the molecule is CC(C)N1C[C@]23C=C[C@H](O2)[C@H](C(=O)Nc2ccc(Oc4nn[nH]n4)cc2)[C@@H]3C1=O. The molecule has 2 saturated heterocycles. The fraction of sp³-hybridized carbons (Fsp3) is 0.421. The Labute approximate surface area is 166 Å². The molecule has 10 nitrogen and oxygen atoms in total. The van der Waals surface area contributed by atoms with Gasteiger partial charge in [0.05, 0.1) is 24.5 Å². The Morgan fingerprint density at radius 2 is 2.17 bits per heavy atom. The Bertz CT molecular complexity index is 973. The van der Waals surface area contributed by atoms with Crippen molar-refractivity contribution in [1.29, 1.82) is 0 Å². The average molecular weight is 396 g/mol. The quantitative estimate of drug-likeness (QED) is 0.726. The Hall–Kier alpha value is -3.27. The molecule has 2 aromatic rings. The minimum absolute atomic E-state index is 0.0177. The average Bonchev–Trinajstić information content (AvgIpc) is 3.45. The Balaban J connectivity index is 1.31. The largest absolute Gasteiger partial charge is 0.422 e. The maximum atomic E-state index is 13.0. The molecule has 2 amide bonds. The molecule has 1 aromatic carbocycles. The lowest BCUT2D eigenvalue weighted by atomic mass is 9.77. The first-order valence-corrected chi connectivity index (χ1v) is 9.47. The molecule has 2 fully saturated rings. The minimum Gasteiger partial charge on any atom is -0.422 e. The molecule has 1 aromatic heterocycles. The number of rotatable bonds is 5. The van der Waals surface area contributed by atoms with E-state index in [4.69, 9.17) is 9.47 Å². The monoisotopic (exact) mass is 396 g/mol. The fourth-order valence-corrected chi connectivity index (χ4v) is 4.40. The molecule has 0 unspecified atom stereocenters. The zero-order valence-electron chi connectivity index (χ0n) is 15.9. The van der Waals surface area contributed by atoms with Crippen molar-refractivity contribution in [3.63, 3.8) is 0 Å². The van der Waals surface area contributed by atoms with Crippen molar-refractivity contribution in [2.45, 2.75) is 31.6 Å². The van der Waals surface area contributed by atoms with Crippen molar-refractivity contribution in [3.05, 3.63) is 36.4 Å². The van der Waals surface area contributed by atoms with E-state index in [1.165, 1.54) is 0 Å². The van der Waals surface area contributed by atoms with Gasteiger partial charge < -0.3 is 19.7 Å². The van der Waals surface area contributed by atoms with E-state index in [9.17, 15) is 9.59 Å². The summed E-state index contributed by atoms with van der Waals surface area (Å²) in [4.78, 5) is 27.8. The second kappa shape index (κ2) is 6.38. The van der Waals surface area contributed by atoms with E-state index in [1.54, 1.807) is 29.2 Å². The highest BCUT2D eigenvalue weighted by Crippen LogP contribution is 2.52. The van der Waals surface area contributed by atoms with E-state index < -0.39 is 17.4 Å². The van der Waals surface area contributed by atoms with Gasteiger partial charge in [0.25, 0.3) is 0 Å². The number of ether oxygens (including phenoxy) is 2. The zero-order valence-corrected chi connectivity index (χ0v) is 15.9. The number of benzene rings is 1. The van der Waals surface area contributed by atoms with Gasteiger partial charge in [0, 0.05) is 11.7 Å². The van der Waals surface area contributed by atoms with Crippen LogP contribution in [0.4, 0.5) is 5.69 Å². The number of nitrogens with one attached hydrogen (secondary N) is 2. The zero-order chi connectivity index (χ0) is 20.2. The predicted molar refractivity (Wildman–Crippen MR) is 99.9 cm³/mol. The number of amides is 2. The van der Waals surface area contributed by atoms with Gasteiger partial charge in [-0.15, -0.1) is 0 Å². The minimum atomic E-state index is -0.684. The number of fused-ring (bicyclic) bond motifs is 1. The van der Waals surface area contributed by atoms with Crippen LogP contribution in [0.25, 0.3) is 0 Å². The number of nitrogens with zero attached hydrogens (tertiary/aromatic N) is 4. The number of hydrogen-bond donors (Lipinski definition) is 2. The number of aromatic amines is 1. The van der Waals surface area contributed by atoms with Crippen molar-refractivity contribution < 1.29 is 19.1 Å². The highest BCUT2D eigenvalue weighted by Gasteiger charge is 2.67. The molecule has 5 rings (SSSR count).